The van der Waals surface area contributed by atoms with Gasteiger partial charge in [-0.2, -0.15) is 0 Å². The van der Waals surface area contributed by atoms with E-state index in [1.807, 2.05) is 0 Å². The predicted molar refractivity (Wildman–Crippen MR) is 440 cm³/mol. The summed E-state index contributed by atoms with van der Waals surface area (Å²) in [7, 11) is -9.30. The molecule has 22 heteroatoms. The van der Waals surface area contributed by atoms with Gasteiger partial charge in [0.2, 0.25) is 23.6 Å². The van der Waals surface area contributed by atoms with Gasteiger partial charge in [-0.05, 0) is 37.5 Å². The van der Waals surface area contributed by atoms with Crippen LogP contribution in [0.2, 0.25) is 0 Å². The van der Waals surface area contributed by atoms with Crippen molar-refractivity contribution in [3.8, 4) is 0 Å². The molecule has 0 aromatic heterocycles. The molecule has 0 aromatic carbocycles. The molecule has 6 atom stereocenters. The van der Waals surface area contributed by atoms with Crippen LogP contribution in [0.15, 0.2) is 0 Å². The Morgan fingerprint density at radius 1 is 0.290 bits per heavy atom. The Hall–Kier alpha value is 0.0200. The number of rotatable bonds is 86. The smallest absolute Gasteiger partial charge is 1.00 e. The molecule has 18 nitrogen and oxygen atoms in total. The quantitative estimate of drug-likeness (QED) is 0.0144. The molecule has 4 amide bonds. The molecular formula is C85H172N4Na2O14P2. The third-order valence-corrected chi connectivity index (χ3v) is 22.6. The van der Waals surface area contributed by atoms with Crippen molar-refractivity contribution in [2.45, 2.75) is 445 Å². The molecule has 0 aliphatic carbocycles. The van der Waals surface area contributed by atoms with Crippen LogP contribution in [0.1, 0.15) is 436 Å². The van der Waals surface area contributed by atoms with Crippen molar-refractivity contribution < 1.29 is 128 Å². The average molecular weight is 1580 g/mol. The van der Waals surface area contributed by atoms with E-state index in [9.17, 15) is 38.1 Å². The minimum atomic E-state index is -4.65. The summed E-state index contributed by atoms with van der Waals surface area (Å²) in [4.78, 5) is 73.5. The summed E-state index contributed by atoms with van der Waals surface area (Å²) in [5.41, 5.74) is 0. The molecule has 107 heavy (non-hydrogen) atoms. The van der Waals surface area contributed by atoms with E-state index in [0.717, 1.165) is 64.2 Å². The van der Waals surface area contributed by atoms with Crippen LogP contribution in [0, 0.1) is 11.8 Å². The van der Waals surface area contributed by atoms with Gasteiger partial charge in [0, 0.05) is 39.1 Å². The fourth-order valence-corrected chi connectivity index (χ4v) is 15.4. The third kappa shape index (κ3) is 82.4. The average Bonchev–Trinajstić information content (AvgIpc) is 0.925. The molecule has 6 N–H and O–H groups in total. The second-order valence-corrected chi connectivity index (χ2v) is 33.9. The molecule has 0 aromatic rings. The van der Waals surface area contributed by atoms with Gasteiger partial charge in [0.1, 0.15) is 6.42 Å². The number of hydrogen-bond donors (Lipinski definition) is 6. The van der Waals surface area contributed by atoms with Crippen LogP contribution in [0.5, 0.6) is 0 Å². The standard InChI is InChI=1S/C85H170N4O14P2.2Na.2H/c1-7-13-19-25-29-33-37-41-45-51-57-63-82(90)88-80(74-98-69-65-78(59-53-47-23-17-11-5)61-55-49-43-39-35-31-27-21-15-9-3)76-102-104(94,95)100-71-67-86-84(92)73-85(93)87-68-72-101-105(96,97)103-77-81(89-83(91)64-58-52-46-42-38-34-30-26-20-14-8-2)75-99-70-66-79(60-54-48-24-18-12-6)62-56-50-44-40-36-32-28-22-16-10-4;;;;/h78-81H,7-77H2,1-6H3,(H,86,92)(H,87,93)(H,88,90)(H,89,91)(H,94,95)(H,96,97);;;;/q;2*+1;2*-1/t78-,79-,80+,81+;;;;/m0..../s1. The van der Waals surface area contributed by atoms with Gasteiger partial charge in [0.15, 0.2) is 0 Å². The normalized spacial score (nSPS) is 13.8. The van der Waals surface area contributed by atoms with Crippen molar-refractivity contribution >= 4 is 39.3 Å². The Balaban J connectivity index is -0.00000901. The van der Waals surface area contributed by atoms with E-state index in [1.165, 1.54) is 308 Å². The fraction of sp³-hybridized carbons (Fsp3) is 0.953. The number of phosphoric ester groups is 2. The van der Waals surface area contributed by atoms with Gasteiger partial charge in [-0.3, -0.25) is 37.3 Å². The number of ether oxygens (including phenoxy) is 2. The summed E-state index contributed by atoms with van der Waals surface area (Å²) in [5, 5.41) is 11.0. The molecule has 0 radical (unpaired) electrons. The maximum absolute atomic E-state index is 13.3. The van der Waals surface area contributed by atoms with Crippen molar-refractivity contribution in [2.75, 3.05) is 65.9 Å². The number of carbonyl (C=O) groups excluding carboxylic acids is 4. The third-order valence-electron chi connectivity index (χ3n) is 20.6. The fourth-order valence-electron chi connectivity index (χ4n) is 13.9. The van der Waals surface area contributed by atoms with E-state index < -0.39 is 59.2 Å². The Labute approximate surface area is 705 Å². The second-order valence-electron chi connectivity index (χ2n) is 31.0. The molecular weight excluding hydrogens is 1410 g/mol. The van der Waals surface area contributed by atoms with Crippen LogP contribution in [0.4, 0.5) is 0 Å². The van der Waals surface area contributed by atoms with E-state index >= 15 is 0 Å². The summed E-state index contributed by atoms with van der Waals surface area (Å²) in [6, 6.07) is -1.39. The topological polar surface area (TPSA) is 246 Å². The van der Waals surface area contributed by atoms with Crippen LogP contribution in [-0.4, -0.2) is 111 Å². The van der Waals surface area contributed by atoms with Gasteiger partial charge in [-0.15, -0.1) is 0 Å². The van der Waals surface area contributed by atoms with Crippen molar-refractivity contribution in [3.63, 3.8) is 0 Å². The summed E-state index contributed by atoms with van der Waals surface area (Å²) in [6.07, 6.45) is 71.0. The number of phosphoric acid groups is 2. The van der Waals surface area contributed by atoms with E-state index in [0.29, 0.717) is 37.9 Å². The summed E-state index contributed by atoms with van der Waals surface area (Å²) in [5.74, 6) is -0.589. The van der Waals surface area contributed by atoms with Crippen LogP contribution in [0.25, 0.3) is 0 Å². The number of carbonyl (C=O) groups is 4. The van der Waals surface area contributed by atoms with Gasteiger partial charge in [0.25, 0.3) is 0 Å². The zero-order valence-corrected chi connectivity index (χ0v) is 77.0. The molecule has 0 heterocycles. The molecule has 628 valence electrons. The minimum Gasteiger partial charge on any atom is -1.00 e. The van der Waals surface area contributed by atoms with E-state index in [2.05, 4.69) is 62.8 Å². The zero-order valence-electron chi connectivity index (χ0n) is 73.2. The summed E-state index contributed by atoms with van der Waals surface area (Å²) < 4.78 is 60.0. The molecule has 0 fully saturated rings. The molecule has 0 saturated heterocycles. The molecule has 0 rings (SSSR count). The van der Waals surface area contributed by atoms with Crippen molar-refractivity contribution in [1.29, 1.82) is 0 Å². The van der Waals surface area contributed by atoms with Gasteiger partial charge >= 0.3 is 74.8 Å². The van der Waals surface area contributed by atoms with Crippen molar-refractivity contribution in [3.05, 3.63) is 0 Å². The van der Waals surface area contributed by atoms with Gasteiger partial charge in [0.05, 0.1) is 51.7 Å². The second kappa shape index (κ2) is 85.4. The van der Waals surface area contributed by atoms with E-state index in [4.69, 9.17) is 27.6 Å². The Morgan fingerprint density at radius 3 is 0.757 bits per heavy atom. The molecule has 0 aliphatic heterocycles. The molecule has 0 bridgehead atoms. The summed E-state index contributed by atoms with van der Waals surface area (Å²) >= 11 is 0. The van der Waals surface area contributed by atoms with Gasteiger partial charge in [-0.25, -0.2) is 9.13 Å². The number of nitrogens with one attached hydrogen (secondary N) is 4. The zero-order chi connectivity index (χ0) is 76.9. The van der Waals surface area contributed by atoms with Crippen molar-refractivity contribution in [2.24, 2.45) is 11.8 Å². The Kier molecular flexibility index (Phi) is 88.7. The maximum atomic E-state index is 13.3. The predicted octanol–water partition coefficient (Wildman–Crippen LogP) is 17.9. The molecule has 0 spiro atoms. The van der Waals surface area contributed by atoms with Crippen LogP contribution >= 0.6 is 15.6 Å². The van der Waals surface area contributed by atoms with Crippen LogP contribution < -0.4 is 80.4 Å². The SMILES string of the molecule is CCCCCCCCCCCCCC(=O)N[C@H](COCC[C@@H](CCCCCCC)CCCCCCCCCCCC)COP(=O)(O)OCCNC(=O)CC(=O)NCCOP(=O)(O)OC[C@@H](COCC[C@@H](CCCCCCC)CCCCCCCCCCCC)NC(=O)CCCCCCCCCCCCC.[H-].[H-].[Na+].[Na+]. The number of unbranched alkanes of at least 4 members (excludes halogenated alkanes) is 46. The number of amides is 4. The number of hydrogen-bond acceptors (Lipinski definition) is 12. The first kappa shape index (κ1) is 111. The molecule has 2 unspecified atom stereocenters. The first-order chi connectivity index (χ1) is 51.1. The Bertz CT molecular complexity index is 1910. The summed E-state index contributed by atoms with van der Waals surface area (Å²) in [6.45, 7) is 12.9. The van der Waals surface area contributed by atoms with Crippen LogP contribution in [-0.2, 0) is 55.9 Å². The molecule has 0 aliphatic rings. The molecule has 0 saturated carbocycles. The first-order valence-corrected chi connectivity index (χ1v) is 47.6. The monoisotopic (exact) mass is 1580 g/mol. The van der Waals surface area contributed by atoms with E-state index in [-0.39, 0.29) is 113 Å². The van der Waals surface area contributed by atoms with E-state index in [1.54, 1.807) is 0 Å². The maximum Gasteiger partial charge on any atom is 1.00 e. The Morgan fingerprint density at radius 2 is 0.514 bits per heavy atom. The largest absolute Gasteiger partial charge is 1.00 e. The van der Waals surface area contributed by atoms with Crippen LogP contribution in [0.3, 0.4) is 0 Å². The van der Waals surface area contributed by atoms with Gasteiger partial charge in [-0.1, -0.05) is 388 Å². The van der Waals surface area contributed by atoms with Crippen molar-refractivity contribution in [1.82, 2.24) is 21.3 Å². The van der Waals surface area contributed by atoms with Gasteiger partial charge < -0.3 is 43.4 Å². The first-order valence-electron chi connectivity index (χ1n) is 44.6. The minimum absolute atomic E-state index is 0.